The Hall–Kier alpha value is -0.860. The van der Waals surface area contributed by atoms with E-state index in [9.17, 15) is 0 Å². The van der Waals surface area contributed by atoms with E-state index >= 15 is 0 Å². The summed E-state index contributed by atoms with van der Waals surface area (Å²) < 4.78 is 10.4. The molecule has 0 aliphatic rings. The standard InChI is InChI=1S/C17H29N3O2.HI/c1-4-18-17(19-11-6-12-21-3)20-13-15-7-9-16(10-8-15)14-22-5-2;/h7-10H,4-6,11-14H2,1-3H3,(H2,18,19,20);1H. The molecule has 0 amide bonds. The van der Waals surface area contributed by atoms with E-state index in [1.54, 1.807) is 7.11 Å². The molecule has 23 heavy (non-hydrogen) atoms. The summed E-state index contributed by atoms with van der Waals surface area (Å²) in [5, 5.41) is 6.55. The van der Waals surface area contributed by atoms with Crippen LogP contribution >= 0.6 is 24.0 Å². The molecule has 6 heteroatoms. The molecule has 0 spiro atoms. The molecule has 0 saturated heterocycles. The average molecular weight is 435 g/mol. The van der Waals surface area contributed by atoms with Crippen LogP contribution in [0.3, 0.4) is 0 Å². The molecule has 0 saturated carbocycles. The third-order valence-electron chi connectivity index (χ3n) is 3.08. The summed E-state index contributed by atoms with van der Waals surface area (Å²) in [6.07, 6.45) is 0.965. The van der Waals surface area contributed by atoms with Crippen LogP contribution in [-0.2, 0) is 22.6 Å². The molecule has 0 atom stereocenters. The summed E-state index contributed by atoms with van der Waals surface area (Å²) >= 11 is 0. The number of hydrogen-bond donors (Lipinski definition) is 2. The van der Waals surface area contributed by atoms with Crippen LogP contribution in [0.2, 0.25) is 0 Å². The van der Waals surface area contributed by atoms with Gasteiger partial charge in [-0.2, -0.15) is 0 Å². The number of nitrogens with one attached hydrogen (secondary N) is 2. The van der Waals surface area contributed by atoms with E-state index in [0.29, 0.717) is 13.2 Å². The lowest BCUT2D eigenvalue weighted by Crippen LogP contribution is -2.38. The lowest BCUT2D eigenvalue weighted by Gasteiger charge is -2.11. The second kappa shape index (κ2) is 14.7. The van der Waals surface area contributed by atoms with Gasteiger partial charge in [-0.25, -0.2) is 4.99 Å². The molecule has 0 aliphatic carbocycles. The monoisotopic (exact) mass is 435 g/mol. The molecular formula is C17H30IN3O2. The fraction of sp³-hybridized carbons (Fsp3) is 0.588. The SMILES string of the molecule is CCNC(=NCc1ccc(COCC)cc1)NCCCOC.I. The molecule has 0 heterocycles. The number of nitrogens with zero attached hydrogens (tertiary/aromatic N) is 1. The number of hydrogen-bond acceptors (Lipinski definition) is 3. The average Bonchev–Trinajstić information content (AvgIpc) is 2.55. The van der Waals surface area contributed by atoms with Gasteiger partial charge in [0, 0.05) is 33.4 Å². The van der Waals surface area contributed by atoms with Crippen LogP contribution in [0.4, 0.5) is 0 Å². The van der Waals surface area contributed by atoms with Crippen LogP contribution in [0.25, 0.3) is 0 Å². The summed E-state index contributed by atoms with van der Waals surface area (Å²) in [7, 11) is 1.72. The number of guanidine groups is 1. The van der Waals surface area contributed by atoms with Gasteiger partial charge < -0.3 is 20.1 Å². The van der Waals surface area contributed by atoms with E-state index in [4.69, 9.17) is 9.47 Å². The van der Waals surface area contributed by atoms with E-state index in [2.05, 4.69) is 46.8 Å². The van der Waals surface area contributed by atoms with Crippen LogP contribution in [-0.4, -0.2) is 39.4 Å². The number of aliphatic imine (C=N–C) groups is 1. The van der Waals surface area contributed by atoms with Crippen molar-refractivity contribution in [2.24, 2.45) is 4.99 Å². The maximum Gasteiger partial charge on any atom is 0.191 e. The van der Waals surface area contributed by atoms with Crippen molar-refractivity contribution < 1.29 is 9.47 Å². The highest BCUT2D eigenvalue weighted by molar-refractivity contribution is 14.0. The Morgan fingerprint density at radius 2 is 1.78 bits per heavy atom. The van der Waals surface area contributed by atoms with Gasteiger partial charge in [0.1, 0.15) is 0 Å². The molecule has 132 valence electrons. The van der Waals surface area contributed by atoms with Crippen LogP contribution < -0.4 is 10.6 Å². The van der Waals surface area contributed by atoms with Gasteiger partial charge in [-0.15, -0.1) is 24.0 Å². The Bertz CT molecular complexity index is 424. The van der Waals surface area contributed by atoms with Gasteiger partial charge in [0.05, 0.1) is 13.2 Å². The first kappa shape index (κ1) is 22.1. The Labute approximate surface area is 157 Å². The van der Waals surface area contributed by atoms with E-state index in [-0.39, 0.29) is 24.0 Å². The third kappa shape index (κ3) is 10.5. The first-order chi connectivity index (χ1) is 10.8. The fourth-order valence-corrected chi connectivity index (χ4v) is 1.90. The molecule has 0 unspecified atom stereocenters. The van der Waals surface area contributed by atoms with E-state index in [0.717, 1.165) is 38.7 Å². The molecule has 1 rings (SSSR count). The quantitative estimate of drug-likeness (QED) is 0.257. The first-order valence-corrected chi connectivity index (χ1v) is 7.96. The van der Waals surface area contributed by atoms with Gasteiger partial charge in [-0.05, 0) is 31.4 Å². The van der Waals surface area contributed by atoms with Crippen LogP contribution in [0, 0.1) is 0 Å². The molecule has 2 N–H and O–H groups in total. The second-order valence-electron chi connectivity index (χ2n) is 4.92. The van der Waals surface area contributed by atoms with Crippen LogP contribution in [0.15, 0.2) is 29.3 Å². The third-order valence-corrected chi connectivity index (χ3v) is 3.08. The number of benzene rings is 1. The normalized spacial score (nSPS) is 11.0. The summed E-state index contributed by atoms with van der Waals surface area (Å²) in [6, 6.07) is 8.40. The van der Waals surface area contributed by atoms with Crippen molar-refractivity contribution in [3.05, 3.63) is 35.4 Å². The van der Waals surface area contributed by atoms with Crippen molar-refractivity contribution >= 4 is 29.9 Å². The molecule has 0 aliphatic heterocycles. The maximum absolute atomic E-state index is 5.40. The van der Waals surface area contributed by atoms with Crippen molar-refractivity contribution in [3.8, 4) is 0 Å². The van der Waals surface area contributed by atoms with Gasteiger partial charge in [0.25, 0.3) is 0 Å². The number of halogens is 1. The zero-order valence-corrected chi connectivity index (χ0v) is 16.8. The van der Waals surface area contributed by atoms with Gasteiger partial charge in [0.15, 0.2) is 5.96 Å². The van der Waals surface area contributed by atoms with Gasteiger partial charge in [0.2, 0.25) is 0 Å². The molecule has 0 radical (unpaired) electrons. The molecule has 0 aromatic heterocycles. The summed E-state index contributed by atoms with van der Waals surface area (Å²) in [4.78, 5) is 4.60. The Morgan fingerprint density at radius 1 is 1.09 bits per heavy atom. The predicted octanol–water partition coefficient (Wildman–Crippen LogP) is 2.93. The van der Waals surface area contributed by atoms with Gasteiger partial charge in [-0.3, -0.25) is 0 Å². The highest BCUT2D eigenvalue weighted by Crippen LogP contribution is 2.07. The van der Waals surface area contributed by atoms with E-state index in [1.165, 1.54) is 11.1 Å². The molecule has 0 fully saturated rings. The smallest absolute Gasteiger partial charge is 0.191 e. The minimum Gasteiger partial charge on any atom is -0.385 e. The van der Waals surface area contributed by atoms with E-state index < -0.39 is 0 Å². The molecule has 5 nitrogen and oxygen atoms in total. The van der Waals surface area contributed by atoms with Crippen molar-refractivity contribution in [2.45, 2.75) is 33.4 Å². The van der Waals surface area contributed by atoms with Crippen molar-refractivity contribution in [1.29, 1.82) is 0 Å². The number of rotatable bonds is 10. The maximum atomic E-state index is 5.40. The number of ether oxygens (including phenoxy) is 2. The van der Waals surface area contributed by atoms with Crippen molar-refractivity contribution in [2.75, 3.05) is 33.4 Å². The minimum atomic E-state index is 0. The Kier molecular flexibility index (Phi) is 14.2. The molecular weight excluding hydrogens is 405 g/mol. The lowest BCUT2D eigenvalue weighted by atomic mass is 10.1. The second-order valence-corrected chi connectivity index (χ2v) is 4.92. The summed E-state index contributed by atoms with van der Waals surface area (Å²) in [6.45, 7) is 8.61. The predicted molar refractivity (Wildman–Crippen MR) is 106 cm³/mol. The Balaban J connectivity index is 0.00000484. The van der Waals surface area contributed by atoms with Crippen LogP contribution in [0.1, 0.15) is 31.4 Å². The van der Waals surface area contributed by atoms with Crippen molar-refractivity contribution in [3.63, 3.8) is 0 Å². The highest BCUT2D eigenvalue weighted by Gasteiger charge is 1.98. The zero-order valence-electron chi connectivity index (χ0n) is 14.4. The largest absolute Gasteiger partial charge is 0.385 e. The number of methoxy groups -OCH3 is 1. The lowest BCUT2D eigenvalue weighted by molar-refractivity contribution is 0.134. The zero-order chi connectivity index (χ0) is 16.0. The Morgan fingerprint density at radius 3 is 2.39 bits per heavy atom. The topological polar surface area (TPSA) is 54.9 Å². The summed E-state index contributed by atoms with van der Waals surface area (Å²) in [5.41, 5.74) is 2.38. The molecule has 1 aromatic carbocycles. The highest BCUT2D eigenvalue weighted by atomic mass is 127. The van der Waals surface area contributed by atoms with Gasteiger partial charge in [-0.1, -0.05) is 24.3 Å². The first-order valence-electron chi connectivity index (χ1n) is 7.96. The van der Waals surface area contributed by atoms with Gasteiger partial charge >= 0.3 is 0 Å². The van der Waals surface area contributed by atoms with Crippen molar-refractivity contribution in [1.82, 2.24) is 10.6 Å². The summed E-state index contributed by atoms with van der Waals surface area (Å²) in [5.74, 6) is 0.844. The van der Waals surface area contributed by atoms with Crippen LogP contribution in [0.5, 0.6) is 0 Å². The molecule has 0 bridgehead atoms. The minimum absolute atomic E-state index is 0. The van der Waals surface area contributed by atoms with E-state index in [1.807, 2.05) is 6.92 Å². The molecule has 1 aromatic rings. The fourth-order valence-electron chi connectivity index (χ4n) is 1.90.